The van der Waals surface area contributed by atoms with Crippen LogP contribution in [0.25, 0.3) is 0 Å². The first-order chi connectivity index (χ1) is 12.5. The molecule has 0 aliphatic carbocycles. The second kappa shape index (κ2) is 10.1. The first-order valence-electron chi connectivity index (χ1n) is 8.66. The van der Waals surface area contributed by atoms with E-state index in [0.717, 1.165) is 23.2 Å². The zero-order chi connectivity index (χ0) is 18.9. The predicted molar refractivity (Wildman–Crippen MR) is 106 cm³/mol. The number of rotatable bonds is 8. The van der Waals surface area contributed by atoms with Gasteiger partial charge in [-0.25, -0.2) is 0 Å². The van der Waals surface area contributed by atoms with E-state index in [1.54, 1.807) is 12.1 Å². The summed E-state index contributed by atoms with van der Waals surface area (Å²) in [4.78, 5) is 0. The van der Waals surface area contributed by atoms with Crippen LogP contribution < -0.4 is 15.4 Å². The summed E-state index contributed by atoms with van der Waals surface area (Å²) in [5.74, 6) is 0.142. The normalized spacial score (nSPS) is 10.7. The first kappa shape index (κ1) is 20.1. The van der Waals surface area contributed by atoms with E-state index in [-0.39, 0.29) is 5.75 Å². The minimum absolute atomic E-state index is 0.142. The Labute approximate surface area is 158 Å². The van der Waals surface area contributed by atoms with E-state index in [4.69, 9.17) is 12.2 Å². The molecule has 2 aromatic rings. The minimum atomic E-state index is -2.81. The number of nitrogens with one attached hydrogen (secondary N) is 2. The van der Waals surface area contributed by atoms with Crippen LogP contribution in [0.2, 0.25) is 0 Å². The molecule has 0 saturated heterocycles. The van der Waals surface area contributed by atoms with Crippen LogP contribution >= 0.6 is 12.2 Å². The van der Waals surface area contributed by atoms with Gasteiger partial charge in [0.2, 0.25) is 0 Å². The maximum atomic E-state index is 12.1. The monoisotopic (exact) mass is 378 g/mol. The number of thiocarbonyl (C=S) groups is 1. The Balaban J connectivity index is 1.85. The van der Waals surface area contributed by atoms with Gasteiger partial charge in [-0.2, -0.15) is 8.78 Å². The molecule has 0 aliphatic heterocycles. The molecule has 0 radical (unpaired) electrons. The van der Waals surface area contributed by atoms with Crippen LogP contribution in [-0.2, 0) is 13.0 Å². The summed E-state index contributed by atoms with van der Waals surface area (Å²) < 4.78 is 28.6. The number of hydrogen-bond acceptors (Lipinski definition) is 2. The van der Waals surface area contributed by atoms with Crippen molar-refractivity contribution in [1.82, 2.24) is 5.32 Å². The van der Waals surface area contributed by atoms with Crippen molar-refractivity contribution < 1.29 is 13.5 Å². The van der Waals surface area contributed by atoms with Crippen molar-refractivity contribution >= 4 is 23.0 Å². The third-order valence-corrected chi connectivity index (χ3v) is 4.21. The van der Waals surface area contributed by atoms with Crippen molar-refractivity contribution in [3.63, 3.8) is 0 Å². The molecule has 26 heavy (non-hydrogen) atoms. The van der Waals surface area contributed by atoms with Gasteiger partial charge in [0.05, 0.1) is 0 Å². The number of ether oxygens (including phenoxy) is 1. The lowest BCUT2D eigenvalue weighted by Crippen LogP contribution is -2.28. The molecule has 6 heteroatoms. The Hall–Kier alpha value is -2.21. The maximum Gasteiger partial charge on any atom is 0.387 e. The van der Waals surface area contributed by atoms with Crippen LogP contribution in [0.5, 0.6) is 5.75 Å². The SMILES string of the molecule is CCCCc1ccc(NC(=S)NCc2ccc(OC(F)F)cc2)c(C)c1. The van der Waals surface area contributed by atoms with Crippen molar-refractivity contribution in [2.45, 2.75) is 46.3 Å². The molecule has 3 nitrogen and oxygen atoms in total. The van der Waals surface area contributed by atoms with Crippen LogP contribution in [0.4, 0.5) is 14.5 Å². The highest BCUT2D eigenvalue weighted by atomic mass is 32.1. The van der Waals surface area contributed by atoms with E-state index in [0.29, 0.717) is 11.7 Å². The van der Waals surface area contributed by atoms with Crippen molar-refractivity contribution in [3.05, 3.63) is 59.2 Å². The molecule has 0 saturated carbocycles. The highest BCUT2D eigenvalue weighted by Crippen LogP contribution is 2.18. The summed E-state index contributed by atoms with van der Waals surface area (Å²) >= 11 is 5.33. The van der Waals surface area contributed by atoms with Gasteiger partial charge in [-0.1, -0.05) is 37.6 Å². The summed E-state index contributed by atoms with van der Waals surface area (Å²) in [6, 6.07) is 12.8. The molecule has 0 aromatic heterocycles. The summed E-state index contributed by atoms with van der Waals surface area (Å²) in [5.41, 5.74) is 4.38. The Bertz CT molecular complexity index is 720. The van der Waals surface area contributed by atoms with Gasteiger partial charge >= 0.3 is 6.61 Å². The van der Waals surface area contributed by atoms with Crippen LogP contribution in [0.1, 0.15) is 36.5 Å². The lowest BCUT2D eigenvalue weighted by Gasteiger charge is -2.14. The average Bonchev–Trinajstić information content (AvgIpc) is 2.61. The Morgan fingerprint density at radius 3 is 2.42 bits per heavy atom. The highest BCUT2D eigenvalue weighted by Gasteiger charge is 2.05. The third-order valence-electron chi connectivity index (χ3n) is 3.96. The molecular formula is C20H24F2N2OS. The van der Waals surface area contributed by atoms with Crippen molar-refractivity contribution in [1.29, 1.82) is 0 Å². The lowest BCUT2D eigenvalue weighted by molar-refractivity contribution is -0.0498. The van der Waals surface area contributed by atoms with E-state index in [9.17, 15) is 8.78 Å². The van der Waals surface area contributed by atoms with Crippen LogP contribution in [0.3, 0.4) is 0 Å². The van der Waals surface area contributed by atoms with E-state index < -0.39 is 6.61 Å². The fourth-order valence-electron chi connectivity index (χ4n) is 2.54. The molecular weight excluding hydrogens is 354 g/mol. The van der Waals surface area contributed by atoms with Crippen LogP contribution in [0, 0.1) is 6.92 Å². The molecule has 2 aromatic carbocycles. The number of hydrogen-bond donors (Lipinski definition) is 2. The van der Waals surface area contributed by atoms with Crippen molar-refractivity contribution in [2.75, 3.05) is 5.32 Å². The largest absolute Gasteiger partial charge is 0.435 e. The number of benzene rings is 2. The van der Waals surface area contributed by atoms with Gasteiger partial charge < -0.3 is 15.4 Å². The van der Waals surface area contributed by atoms with Crippen LogP contribution in [-0.4, -0.2) is 11.7 Å². The summed E-state index contributed by atoms with van der Waals surface area (Å²) in [5, 5.41) is 6.83. The van der Waals surface area contributed by atoms with Gasteiger partial charge in [0.15, 0.2) is 5.11 Å². The molecule has 0 spiro atoms. The average molecular weight is 378 g/mol. The van der Waals surface area contributed by atoms with E-state index in [1.807, 2.05) is 6.07 Å². The molecule has 2 N–H and O–H groups in total. The smallest absolute Gasteiger partial charge is 0.387 e. The second-order valence-electron chi connectivity index (χ2n) is 6.08. The number of unbranched alkanes of at least 4 members (excludes halogenated alkanes) is 1. The summed E-state index contributed by atoms with van der Waals surface area (Å²) in [6.45, 7) is 1.93. The fraction of sp³-hybridized carbons (Fsp3) is 0.350. The number of halogens is 2. The molecule has 0 aliphatic rings. The van der Waals surface area contributed by atoms with E-state index >= 15 is 0 Å². The number of aryl methyl sites for hydroxylation is 2. The number of alkyl halides is 2. The molecule has 0 fully saturated rings. The maximum absolute atomic E-state index is 12.1. The molecule has 0 atom stereocenters. The summed E-state index contributed by atoms with van der Waals surface area (Å²) in [6.07, 6.45) is 3.46. The molecule has 140 valence electrons. The fourth-order valence-corrected chi connectivity index (χ4v) is 2.72. The van der Waals surface area contributed by atoms with Crippen molar-refractivity contribution in [3.8, 4) is 5.75 Å². The Morgan fingerprint density at radius 2 is 1.81 bits per heavy atom. The minimum Gasteiger partial charge on any atom is -0.435 e. The Kier molecular flexibility index (Phi) is 7.78. The van der Waals surface area contributed by atoms with Crippen LogP contribution in [0.15, 0.2) is 42.5 Å². The van der Waals surface area contributed by atoms with E-state index in [1.165, 1.54) is 30.5 Å². The van der Waals surface area contributed by atoms with Gasteiger partial charge in [-0.3, -0.25) is 0 Å². The summed E-state index contributed by atoms with van der Waals surface area (Å²) in [7, 11) is 0. The predicted octanol–water partition coefficient (Wildman–Crippen LogP) is 5.43. The van der Waals surface area contributed by atoms with Gasteiger partial charge in [-0.05, 0) is 66.9 Å². The molecule has 0 heterocycles. The third kappa shape index (κ3) is 6.59. The quantitative estimate of drug-likeness (QED) is 0.601. The van der Waals surface area contributed by atoms with Gasteiger partial charge in [-0.15, -0.1) is 0 Å². The standard InChI is InChI=1S/C20H24F2N2OS/c1-3-4-5-15-8-11-18(14(2)12-15)24-20(26)23-13-16-6-9-17(10-7-16)25-19(21)22/h6-12,19H,3-5,13H2,1-2H3,(H2,23,24,26). The van der Waals surface area contributed by atoms with Gasteiger partial charge in [0, 0.05) is 12.2 Å². The van der Waals surface area contributed by atoms with E-state index in [2.05, 4.69) is 41.4 Å². The zero-order valence-electron chi connectivity index (χ0n) is 15.0. The molecule has 0 bridgehead atoms. The number of anilines is 1. The zero-order valence-corrected chi connectivity index (χ0v) is 15.8. The van der Waals surface area contributed by atoms with Gasteiger partial charge in [0.25, 0.3) is 0 Å². The first-order valence-corrected chi connectivity index (χ1v) is 9.07. The molecule has 0 amide bonds. The topological polar surface area (TPSA) is 33.3 Å². The molecule has 0 unspecified atom stereocenters. The molecule has 2 rings (SSSR count). The Morgan fingerprint density at radius 1 is 1.12 bits per heavy atom. The van der Waals surface area contributed by atoms with Gasteiger partial charge in [0.1, 0.15) is 5.75 Å². The lowest BCUT2D eigenvalue weighted by atomic mass is 10.0. The van der Waals surface area contributed by atoms with Crippen molar-refractivity contribution in [2.24, 2.45) is 0 Å². The second-order valence-corrected chi connectivity index (χ2v) is 6.49. The highest BCUT2D eigenvalue weighted by molar-refractivity contribution is 7.80.